The average molecular weight is 206 g/mol. The third kappa shape index (κ3) is 1.40. The van der Waals surface area contributed by atoms with Gasteiger partial charge in [-0.3, -0.25) is 9.89 Å². The van der Waals surface area contributed by atoms with Gasteiger partial charge in [-0.05, 0) is 25.7 Å². The highest BCUT2D eigenvalue weighted by atomic mass is 16.5. The van der Waals surface area contributed by atoms with Crippen molar-refractivity contribution in [2.75, 3.05) is 6.61 Å². The SMILES string of the molecule is O=C1CCCc2[nH]nc(C3CCCO3)c21. The summed E-state index contributed by atoms with van der Waals surface area (Å²) in [5.74, 6) is 0.232. The van der Waals surface area contributed by atoms with Crippen molar-refractivity contribution in [3.05, 3.63) is 17.0 Å². The number of H-pyrrole nitrogens is 1. The summed E-state index contributed by atoms with van der Waals surface area (Å²) in [5, 5.41) is 7.24. The number of hydrogen-bond acceptors (Lipinski definition) is 3. The van der Waals surface area contributed by atoms with Gasteiger partial charge in [-0.2, -0.15) is 5.10 Å². The molecule has 1 saturated heterocycles. The molecule has 2 aliphatic rings. The fourth-order valence-electron chi connectivity index (χ4n) is 2.46. The van der Waals surface area contributed by atoms with Gasteiger partial charge in [-0.15, -0.1) is 0 Å². The molecular formula is C11H14N2O2. The maximum atomic E-state index is 11.8. The Hall–Kier alpha value is -1.16. The van der Waals surface area contributed by atoms with Crippen LogP contribution in [-0.2, 0) is 11.2 Å². The molecule has 1 aliphatic carbocycles. The van der Waals surface area contributed by atoms with Crippen molar-refractivity contribution in [1.82, 2.24) is 10.2 Å². The number of nitrogens with zero attached hydrogens (tertiary/aromatic N) is 1. The van der Waals surface area contributed by atoms with Gasteiger partial charge in [0, 0.05) is 18.7 Å². The Kier molecular flexibility index (Phi) is 2.09. The summed E-state index contributed by atoms with van der Waals surface area (Å²) >= 11 is 0. The average Bonchev–Trinajstić information content (AvgIpc) is 2.85. The number of nitrogens with one attached hydrogen (secondary N) is 1. The van der Waals surface area contributed by atoms with Crippen LogP contribution in [0.5, 0.6) is 0 Å². The predicted molar refractivity (Wildman–Crippen MR) is 53.8 cm³/mol. The predicted octanol–water partition coefficient (Wildman–Crippen LogP) is 1.78. The van der Waals surface area contributed by atoms with Crippen molar-refractivity contribution in [3.63, 3.8) is 0 Å². The van der Waals surface area contributed by atoms with Crippen LogP contribution in [0, 0.1) is 0 Å². The van der Waals surface area contributed by atoms with Gasteiger partial charge in [0.15, 0.2) is 5.78 Å². The van der Waals surface area contributed by atoms with Crippen LogP contribution >= 0.6 is 0 Å². The van der Waals surface area contributed by atoms with Crippen molar-refractivity contribution in [1.29, 1.82) is 0 Å². The first kappa shape index (κ1) is 9.09. The number of fused-ring (bicyclic) bond motifs is 1. The van der Waals surface area contributed by atoms with E-state index in [0.29, 0.717) is 6.42 Å². The lowest BCUT2D eigenvalue weighted by Gasteiger charge is -2.12. The Morgan fingerprint density at radius 3 is 3.07 bits per heavy atom. The molecule has 1 aromatic heterocycles. The second-order valence-corrected chi connectivity index (χ2v) is 4.24. The molecule has 3 rings (SSSR count). The highest BCUT2D eigenvalue weighted by molar-refractivity contribution is 5.99. The largest absolute Gasteiger partial charge is 0.372 e. The zero-order chi connectivity index (χ0) is 10.3. The fourth-order valence-corrected chi connectivity index (χ4v) is 2.46. The molecule has 1 aromatic rings. The molecule has 1 fully saturated rings. The normalized spacial score (nSPS) is 25.6. The summed E-state index contributed by atoms with van der Waals surface area (Å²) in [5.41, 5.74) is 2.69. The quantitative estimate of drug-likeness (QED) is 0.762. The summed E-state index contributed by atoms with van der Waals surface area (Å²) in [6.07, 6.45) is 4.66. The van der Waals surface area contributed by atoms with E-state index in [4.69, 9.17) is 4.74 Å². The Balaban J connectivity index is 2.01. The van der Waals surface area contributed by atoms with Gasteiger partial charge in [0.1, 0.15) is 11.8 Å². The van der Waals surface area contributed by atoms with Crippen molar-refractivity contribution < 1.29 is 9.53 Å². The number of hydrogen-bond donors (Lipinski definition) is 1. The van der Waals surface area contributed by atoms with E-state index < -0.39 is 0 Å². The van der Waals surface area contributed by atoms with Gasteiger partial charge in [0.2, 0.25) is 0 Å². The van der Waals surface area contributed by atoms with Crippen LogP contribution in [0.15, 0.2) is 0 Å². The smallest absolute Gasteiger partial charge is 0.166 e. The van der Waals surface area contributed by atoms with Gasteiger partial charge in [-0.1, -0.05) is 0 Å². The number of ether oxygens (including phenoxy) is 1. The Morgan fingerprint density at radius 1 is 1.33 bits per heavy atom. The number of ketones is 1. The van der Waals surface area contributed by atoms with Gasteiger partial charge in [0.25, 0.3) is 0 Å². The van der Waals surface area contributed by atoms with Crippen LogP contribution in [0.25, 0.3) is 0 Å². The van der Waals surface area contributed by atoms with Crippen molar-refractivity contribution in [2.24, 2.45) is 0 Å². The summed E-state index contributed by atoms with van der Waals surface area (Å²) in [7, 11) is 0. The summed E-state index contributed by atoms with van der Waals surface area (Å²) in [4.78, 5) is 11.8. The van der Waals surface area contributed by atoms with Crippen molar-refractivity contribution >= 4 is 5.78 Å². The number of aromatic nitrogens is 2. The van der Waals surface area contributed by atoms with Gasteiger partial charge in [0.05, 0.1) is 5.56 Å². The molecule has 0 spiro atoms. The van der Waals surface area contributed by atoms with Crippen LogP contribution < -0.4 is 0 Å². The molecule has 4 nitrogen and oxygen atoms in total. The molecule has 0 saturated carbocycles. The first-order valence-electron chi connectivity index (χ1n) is 5.58. The molecule has 80 valence electrons. The summed E-state index contributed by atoms with van der Waals surface area (Å²) < 4.78 is 5.58. The molecule has 4 heteroatoms. The number of aryl methyl sites for hydroxylation is 1. The molecule has 2 heterocycles. The van der Waals surface area contributed by atoms with E-state index in [9.17, 15) is 4.79 Å². The highest BCUT2D eigenvalue weighted by Crippen LogP contribution is 2.33. The standard InChI is InChI=1S/C11H14N2O2/c14-8-4-1-3-7-10(8)11(13-12-7)9-5-2-6-15-9/h9H,1-6H2,(H,12,13). The molecule has 1 unspecified atom stereocenters. The molecule has 1 atom stereocenters. The monoisotopic (exact) mass is 206 g/mol. The molecular weight excluding hydrogens is 192 g/mol. The van der Waals surface area contributed by atoms with E-state index in [1.165, 1.54) is 0 Å². The Labute approximate surface area is 88.0 Å². The highest BCUT2D eigenvalue weighted by Gasteiger charge is 2.30. The number of carbonyl (C=O) groups excluding carboxylic acids is 1. The minimum Gasteiger partial charge on any atom is -0.372 e. The molecule has 0 amide bonds. The van der Waals surface area contributed by atoms with Gasteiger partial charge < -0.3 is 4.74 Å². The van der Waals surface area contributed by atoms with Crippen molar-refractivity contribution in [2.45, 2.75) is 38.2 Å². The van der Waals surface area contributed by atoms with Crippen LogP contribution in [-0.4, -0.2) is 22.6 Å². The van der Waals surface area contributed by atoms with Crippen LogP contribution in [0.4, 0.5) is 0 Å². The molecule has 1 aliphatic heterocycles. The van der Waals surface area contributed by atoms with E-state index in [1.54, 1.807) is 0 Å². The first-order chi connectivity index (χ1) is 7.36. The Morgan fingerprint density at radius 2 is 2.27 bits per heavy atom. The maximum absolute atomic E-state index is 11.8. The second kappa shape index (κ2) is 3.45. The van der Waals surface area contributed by atoms with Crippen LogP contribution in [0.2, 0.25) is 0 Å². The Bertz CT molecular complexity index is 391. The number of Topliss-reactive ketones (excluding diaryl/α,β-unsaturated/α-hetero) is 1. The minimum absolute atomic E-state index is 0.0482. The van der Waals surface area contributed by atoms with Crippen LogP contribution in [0.1, 0.15) is 53.5 Å². The number of carbonyl (C=O) groups is 1. The third-order valence-electron chi connectivity index (χ3n) is 3.21. The first-order valence-corrected chi connectivity index (χ1v) is 5.58. The third-order valence-corrected chi connectivity index (χ3v) is 3.21. The number of rotatable bonds is 1. The molecule has 1 N–H and O–H groups in total. The number of aromatic amines is 1. The van der Waals surface area contributed by atoms with Gasteiger partial charge >= 0.3 is 0 Å². The second-order valence-electron chi connectivity index (χ2n) is 4.24. The minimum atomic E-state index is 0.0482. The van der Waals surface area contributed by atoms with Gasteiger partial charge in [-0.25, -0.2) is 0 Å². The van der Waals surface area contributed by atoms with E-state index in [-0.39, 0.29) is 11.9 Å². The van der Waals surface area contributed by atoms with E-state index >= 15 is 0 Å². The lowest BCUT2D eigenvalue weighted by Crippen LogP contribution is -2.12. The topological polar surface area (TPSA) is 55.0 Å². The summed E-state index contributed by atoms with van der Waals surface area (Å²) in [6, 6.07) is 0. The zero-order valence-electron chi connectivity index (χ0n) is 8.58. The van der Waals surface area contributed by atoms with Crippen molar-refractivity contribution in [3.8, 4) is 0 Å². The molecule has 0 radical (unpaired) electrons. The molecule has 15 heavy (non-hydrogen) atoms. The van der Waals surface area contributed by atoms with E-state index in [2.05, 4.69) is 10.2 Å². The van der Waals surface area contributed by atoms with E-state index in [0.717, 1.165) is 49.2 Å². The van der Waals surface area contributed by atoms with Crippen LogP contribution in [0.3, 0.4) is 0 Å². The molecule has 0 aromatic carbocycles. The zero-order valence-corrected chi connectivity index (χ0v) is 8.58. The summed E-state index contributed by atoms with van der Waals surface area (Å²) in [6.45, 7) is 0.792. The lowest BCUT2D eigenvalue weighted by molar-refractivity contribution is 0.0938. The fraction of sp³-hybridized carbons (Fsp3) is 0.636. The lowest BCUT2D eigenvalue weighted by atomic mass is 9.93. The molecule has 0 bridgehead atoms. The van der Waals surface area contributed by atoms with E-state index in [1.807, 2.05) is 0 Å². The maximum Gasteiger partial charge on any atom is 0.166 e.